The number of nitrogens with zero attached hydrogens (tertiary/aromatic N) is 2. The predicted octanol–water partition coefficient (Wildman–Crippen LogP) is 6.65. The molecule has 1 N–H and O–H groups in total. The van der Waals surface area contributed by atoms with Crippen molar-refractivity contribution in [3.8, 4) is 0 Å². The number of halogens is 1. The summed E-state index contributed by atoms with van der Waals surface area (Å²) in [4.78, 5) is 30.2. The Morgan fingerprint density at radius 1 is 0.830 bits per heavy atom. The maximum Gasteiger partial charge on any atom is 0.264 e. The lowest BCUT2D eigenvalue weighted by Gasteiger charge is -2.34. The Balaban J connectivity index is 1.58. The van der Waals surface area contributed by atoms with Gasteiger partial charge in [-0.3, -0.25) is 13.9 Å². The fraction of sp³-hybridized carbons (Fsp3) is 0.316. The number of rotatable bonds is 12. The van der Waals surface area contributed by atoms with Crippen molar-refractivity contribution in [1.29, 1.82) is 0 Å². The molecule has 47 heavy (non-hydrogen) atoms. The van der Waals surface area contributed by atoms with Crippen molar-refractivity contribution in [3.05, 3.63) is 131 Å². The molecule has 1 fully saturated rings. The quantitative estimate of drug-likeness (QED) is 0.185. The third-order valence-corrected chi connectivity index (χ3v) is 10.5. The summed E-state index contributed by atoms with van der Waals surface area (Å²) in [6, 6.07) is 26.2. The zero-order valence-electron chi connectivity index (χ0n) is 27.2. The molecule has 0 unspecified atom stereocenters. The van der Waals surface area contributed by atoms with Crippen molar-refractivity contribution in [1.82, 2.24) is 10.2 Å². The van der Waals surface area contributed by atoms with Gasteiger partial charge in [-0.2, -0.15) is 0 Å². The van der Waals surface area contributed by atoms with Crippen molar-refractivity contribution < 1.29 is 22.4 Å². The van der Waals surface area contributed by atoms with E-state index in [4.69, 9.17) is 0 Å². The van der Waals surface area contributed by atoms with Gasteiger partial charge in [0.05, 0.1) is 10.6 Å². The molecule has 0 bridgehead atoms. The van der Waals surface area contributed by atoms with Crippen molar-refractivity contribution in [2.75, 3.05) is 10.8 Å². The van der Waals surface area contributed by atoms with E-state index in [-0.39, 0.29) is 29.8 Å². The predicted molar refractivity (Wildman–Crippen MR) is 183 cm³/mol. The molecular weight excluding hydrogens is 614 g/mol. The molecule has 0 aliphatic heterocycles. The molecule has 2 amide bonds. The van der Waals surface area contributed by atoms with E-state index in [0.717, 1.165) is 46.7 Å². The number of aryl methyl sites for hydroxylation is 3. The summed E-state index contributed by atoms with van der Waals surface area (Å²) in [6.45, 7) is 5.05. The van der Waals surface area contributed by atoms with Crippen LogP contribution in [0.4, 0.5) is 10.1 Å². The van der Waals surface area contributed by atoms with Gasteiger partial charge in [-0.25, -0.2) is 12.8 Å². The van der Waals surface area contributed by atoms with E-state index in [1.165, 1.54) is 29.2 Å². The highest BCUT2D eigenvalue weighted by molar-refractivity contribution is 7.92. The van der Waals surface area contributed by atoms with E-state index in [1.54, 1.807) is 30.3 Å². The van der Waals surface area contributed by atoms with Gasteiger partial charge in [0, 0.05) is 19.0 Å². The summed E-state index contributed by atoms with van der Waals surface area (Å²) in [7, 11) is -4.20. The van der Waals surface area contributed by atoms with Crippen LogP contribution in [0.5, 0.6) is 0 Å². The smallest absolute Gasteiger partial charge is 0.264 e. The first-order valence-corrected chi connectivity index (χ1v) is 17.5. The average molecular weight is 656 g/mol. The molecule has 1 saturated carbocycles. The van der Waals surface area contributed by atoms with Crippen LogP contribution >= 0.6 is 0 Å². The normalized spacial score (nSPS) is 14.0. The van der Waals surface area contributed by atoms with Gasteiger partial charge in [-0.05, 0) is 80.6 Å². The fourth-order valence-electron chi connectivity index (χ4n) is 6.14. The molecule has 5 rings (SSSR count). The topological polar surface area (TPSA) is 86.8 Å². The first-order chi connectivity index (χ1) is 22.5. The second-order valence-corrected chi connectivity index (χ2v) is 14.3. The summed E-state index contributed by atoms with van der Waals surface area (Å²) in [5.41, 5.74) is 4.40. The monoisotopic (exact) mass is 655 g/mol. The first kappa shape index (κ1) is 33.9. The molecule has 1 atom stereocenters. The van der Waals surface area contributed by atoms with Crippen molar-refractivity contribution in [3.63, 3.8) is 0 Å². The molecule has 0 radical (unpaired) electrons. The molecule has 1 aliphatic carbocycles. The number of carbonyl (C=O) groups is 2. The molecule has 0 heterocycles. The summed E-state index contributed by atoms with van der Waals surface area (Å²) in [5.74, 6) is -1.26. The molecule has 9 heteroatoms. The van der Waals surface area contributed by atoms with Crippen LogP contribution < -0.4 is 9.62 Å². The van der Waals surface area contributed by atoms with Crippen molar-refractivity contribution in [2.45, 2.75) is 76.4 Å². The van der Waals surface area contributed by atoms with Crippen molar-refractivity contribution >= 4 is 27.5 Å². The van der Waals surface area contributed by atoms with Crippen LogP contribution in [0.1, 0.15) is 53.5 Å². The van der Waals surface area contributed by atoms with Crippen LogP contribution in [0.25, 0.3) is 0 Å². The number of carbonyl (C=O) groups excluding carboxylic acids is 2. The highest BCUT2D eigenvalue weighted by Crippen LogP contribution is 2.29. The number of hydrogen-bond acceptors (Lipinski definition) is 4. The van der Waals surface area contributed by atoms with Gasteiger partial charge in [0.15, 0.2) is 0 Å². The molecule has 1 aliphatic rings. The number of amides is 2. The van der Waals surface area contributed by atoms with Crippen molar-refractivity contribution in [2.24, 2.45) is 0 Å². The lowest BCUT2D eigenvalue weighted by Crippen LogP contribution is -2.54. The van der Waals surface area contributed by atoms with Crippen LogP contribution in [-0.2, 0) is 32.6 Å². The van der Waals surface area contributed by atoms with E-state index in [1.807, 2.05) is 63.2 Å². The Labute approximate surface area is 277 Å². The Hall–Kier alpha value is -4.50. The standard InChI is InChI=1S/C38H42FN3O4S/c1-27-13-20-34(21-14-27)47(45,46)42(35-22-15-28(2)23-29(35)3)26-37(43)41(25-31-16-18-32(39)19-17-31)36(24-30-9-5-4-6-10-30)38(44)40-33-11-7-8-12-33/h4-6,9-10,13-23,33,36H,7-8,11-12,24-26H2,1-3H3,(H,40,44)/t36-/m1/s1. The van der Waals surface area contributed by atoms with Gasteiger partial charge in [0.25, 0.3) is 10.0 Å². The van der Waals surface area contributed by atoms with Gasteiger partial charge in [0.2, 0.25) is 11.8 Å². The molecule has 4 aromatic carbocycles. The molecule has 246 valence electrons. The fourth-order valence-corrected chi connectivity index (χ4v) is 7.62. The minimum atomic E-state index is -4.20. The van der Waals surface area contributed by atoms with Crippen LogP contribution in [0.3, 0.4) is 0 Å². The van der Waals surface area contributed by atoms with E-state index >= 15 is 0 Å². The molecule has 0 saturated heterocycles. The van der Waals surface area contributed by atoms with Crippen LogP contribution in [-0.4, -0.2) is 43.8 Å². The summed E-state index contributed by atoms with van der Waals surface area (Å²) < 4.78 is 43.6. The zero-order valence-corrected chi connectivity index (χ0v) is 28.0. The van der Waals surface area contributed by atoms with Gasteiger partial charge in [-0.1, -0.05) is 90.7 Å². The molecular formula is C38H42FN3O4S. The van der Waals surface area contributed by atoms with Crippen LogP contribution in [0.2, 0.25) is 0 Å². The van der Waals surface area contributed by atoms with E-state index < -0.39 is 34.3 Å². The second-order valence-electron chi connectivity index (χ2n) is 12.5. The van der Waals surface area contributed by atoms with Gasteiger partial charge < -0.3 is 10.2 Å². The SMILES string of the molecule is Cc1ccc(S(=O)(=O)N(CC(=O)N(Cc2ccc(F)cc2)[C@H](Cc2ccccc2)C(=O)NC2CCCC2)c2ccc(C)cc2C)cc1. The Morgan fingerprint density at radius 2 is 1.47 bits per heavy atom. The van der Waals surface area contributed by atoms with E-state index in [9.17, 15) is 22.4 Å². The minimum Gasteiger partial charge on any atom is -0.352 e. The van der Waals surface area contributed by atoms with Crippen LogP contribution in [0, 0.1) is 26.6 Å². The largest absolute Gasteiger partial charge is 0.352 e. The molecule has 0 aromatic heterocycles. The zero-order chi connectivity index (χ0) is 33.6. The molecule has 4 aromatic rings. The minimum absolute atomic E-state index is 0.0113. The maximum absolute atomic E-state index is 14.6. The lowest BCUT2D eigenvalue weighted by molar-refractivity contribution is -0.140. The average Bonchev–Trinajstić information content (AvgIpc) is 3.56. The first-order valence-electron chi connectivity index (χ1n) is 16.1. The van der Waals surface area contributed by atoms with Crippen LogP contribution in [0.15, 0.2) is 102 Å². The van der Waals surface area contributed by atoms with Gasteiger partial charge >= 0.3 is 0 Å². The summed E-state index contributed by atoms with van der Waals surface area (Å²) in [6.07, 6.45) is 4.00. The summed E-state index contributed by atoms with van der Waals surface area (Å²) >= 11 is 0. The highest BCUT2D eigenvalue weighted by Gasteiger charge is 2.36. The Morgan fingerprint density at radius 3 is 2.11 bits per heavy atom. The number of anilines is 1. The highest BCUT2D eigenvalue weighted by atomic mass is 32.2. The molecule has 0 spiro atoms. The third-order valence-electron chi connectivity index (χ3n) is 8.75. The van der Waals surface area contributed by atoms with Gasteiger partial charge in [0.1, 0.15) is 18.4 Å². The molecule has 7 nitrogen and oxygen atoms in total. The third kappa shape index (κ3) is 8.46. The summed E-state index contributed by atoms with van der Waals surface area (Å²) in [5, 5.41) is 3.17. The number of nitrogens with one attached hydrogen (secondary N) is 1. The van der Waals surface area contributed by atoms with Gasteiger partial charge in [-0.15, -0.1) is 0 Å². The number of hydrogen-bond donors (Lipinski definition) is 1. The van der Waals surface area contributed by atoms with E-state index in [2.05, 4.69) is 5.32 Å². The number of sulfonamides is 1. The second kappa shape index (κ2) is 14.9. The number of benzene rings is 4. The maximum atomic E-state index is 14.6. The Kier molecular flexibility index (Phi) is 10.8. The Bertz CT molecular complexity index is 1790. The lowest BCUT2D eigenvalue weighted by atomic mass is 10.0. The van der Waals surface area contributed by atoms with E-state index in [0.29, 0.717) is 16.8 Å².